The van der Waals surface area contributed by atoms with Crippen molar-refractivity contribution < 1.29 is 0 Å². The first-order valence-electron chi connectivity index (χ1n) is 7.12. The van der Waals surface area contributed by atoms with Gasteiger partial charge < -0.3 is 10.7 Å². The Kier molecular flexibility index (Phi) is 3.80. The van der Waals surface area contributed by atoms with Crippen LogP contribution in [0, 0.1) is 11.3 Å². The number of nitriles is 1. The molecule has 0 amide bonds. The number of H-pyrrole nitrogens is 1. The van der Waals surface area contributed by atoms with Crippen molar-refractivity contribution in [1.29, 1.82) is 5.26 Å². The van der Waals surface area contributed by atoms with Crippen molar-refractivity contribution in [3.8, 4) is 28.5 Å². The third-order valence-corrected chi connectivity index (χ3v) is 4.14. The molecule has 0 unspecified atom stereocenters. The van der Waals surface area contributed by atoms with Gasteiger partial charge in [-0.3, -0.25) is 4.68 Å². The van der Waals surface area contributed by atoms with Crippen molar-refractivity contribution in [3.63, 3.8) is 0 Å². The van der Waals surface area contributed by atoms with Crippen molar-refractivity contribution in [2.24, 2.45) is 7.05 Å². The standard InChI is InChI=1S/C16H15ClN6/c1-3-12-14(15(17)23(2)22-12)10-6-13(9-4-5-20-8-9)21-16(19)11(10)7-18/h4-6,8,20H,3H2,1-2H3,(H2,19,21). The average molecular weight is 327 g/mol. The lowest BCUT2D eigenvalue weighted by atomic mass is 9.98. The summed E-state index contributed by atoms with van der Waals surface area (Å²) in [5.41, 5.74) is 10.1. The third-order valence-electron chi connectivity index (χ3n) is 3.71. The van der Waals surface area contributed by atoms with E-state index in [4.69, 9.17) is 17.3 Å². The predicted molar refractivity (Wildman–Crippen MR) is 89.7 cm³/mol. The van der Waals surface area contributed by atoms with Crippen LogP contribution in [0.5, 0.6) is 0 Å². The molecule has 3 aromatic rings. The highest BCUT2D eigenvalue weighted by Crippen LogP contribution is 2.37. The monoisotopic (exact) mass is 326 g/mol. The molecule has 0 radical (unpaired) electrons. The van der Waals surface area contributed by atoms with Crippen LogP contribution >= 0.6 is 11.6 Å². The van der Waals surface area contributed by atoms with E-state index in [1.165, 1.54) is 0 Å². The van der Waals surface area contributed by atoms with Gasteiger partial charge in [-0.1, -0.05) is 18.5 Å². The van der Waals surface area contributed by atoms with Crippen LogP contribution in [0.3, 0.4) is 0 Å². The first-order chi connectivity index (χ1) is 11.1. The molecule has 23 heavy (non-hydrogen) atoms. The number of nitrogens with two attached hydrogens (primary N) is 1. The zero-order valence-corrected chi connectivity index (χ0v) is 13.5. The molecule has 0 atom stereocenters. The van der Waals surface area contributed by atoms with E-state index < -0.39 is 0 Å². The topological polar surface area (TPSA) is 96.3 Å². The maximum absolute atomic E-state index is 9.50. The van der Waals surface area contributed by atoms with Crippen LogP contribution in [-0.4, -0.2) is 19.7 Å². The zero-order chi connectivity index (χ0) is 16.6. The van der Waals surface area contributed by atoms with Gasteiger partial charge in [-0.05, 0) is 18.6 Å². The van der Waals surface area contributed by atoms with E-state index in [0.717, 1.165) is 16.8 Å². The number of nitrogens with one attached hydrogen (secondary N) is 1. The summed E-state index contributed by atoms with van der Waals surface area (Å²) in [5.74, 6) is 0.183. The second-order valence-corrected chi connectivity index (χ2v) is 5.47. The van der Waals surface area contributed by atoms with E-state index in [2.05, 4.69) is 21.1 Å². The number of hydrogen-bond acceptors (Lipinski definition) is 4. The molecule has 0 fully saturated rings. The van der Waals surface area contributed by atoms with Crippen LogP contribution < -0.4 is 5.73 Å². The van der Waals surface area contributed by atoms with Crippen molar-refractivity contribution in [1.82, 2.24) is 19.7 Å². The first kappa shape index (κ1) is 15.1. The maximum atomic E-state index is 9.50. The highest BCUT2D eigenvalue weighted by atomic mass is 35.5. The Hall–Kier alpha value is -2.78. The molecule has 0 aliphatic rings. The Morgan fingerprint density at radius 1 is 1.48 bits per heavy atom. The normalized spacial score (nSPS) is 10.7. The first-order valence-corrected chi connectivity index (χ1v) is 7.50. The highest BCUT2D eigenvalue weighted by Gasteiger charge is 2.21. The second kappa shape index (κ2) is 5.78. The van der Waals surface area contributed by atoms with Crippen LogP contribution in [0.2, 0.25) is 5.15 Å². The SMILES string of the molecule is CCc1nn(C)c(Cl)c1-c1cc(-c2cc[nH]c2)nc(N)c1C#N. The van der Waals surface area contributed by atoms with Gasteiger partial charge >= 0.3 is 0 Å². The third kappa shape index (κ3) is 2.45. The fourth-order valence-corrected chi connectivity index (χ4v) is 2.83. The summed E-state index contributed by atoms with van der Waals surface area (Å²) in [6.45, 7) is 1.99. The summed E-state index contributed by atoms with van der Waals surface area (Å²) in [4.78, 5) is 7.31. The van der Waals surface area contributed by atoms with Gasteiger partial charge in [0.2, 0.25) is 0 Å². The number of pyridine rings is 1. The number of rotatable bonds is 3. The van der Waals surface area contributed by atoms with E-state index in [9.17, 15) is 5.26 Å². The molecule has 3 aromatic heterocycles. The van der Waals surface area contributed by atoms with Crippen LogP contribution in [0.25, 0.3) is 22.4 Å². The summed E-state index contributed by atoms with van der Waals surface area (Å²) in [6.07, 6.45) is 4.32. The highest BCUT2D eigenvalue weighted by molar-refractivity contribution is 6.32. The predicted octanol–water partition coefficient (Wildman–Crippen LogP) is 3.15. The Morgan fingerprint density at radius 2 is 2.26 bits per heavy atom. The Balaban J connectivity index is 2.33. The average Bonchev–Trinajstić information content (AvgIpc) is 3.16. The van der Waals surface area contributed by atoms with Crippen molar-refractivity contribution >= 4 is 17.4 Å². The van der Waals surface area contributed by atoms with Crippen LogP contribution in [0.4, 0.5) is 5.82 Å². The molecular formula is C16H15ClN6. The molecule has 0 aromatic carbocycles. The summed E-state index contributed by atoms with van der Waals surface area (Å²) in [7, 11) is 1.77. The fourth-order valence-electron chi connectivity index (χ4n) is 2.58. The van der Waals surface area contributed by atoms with Gasteiger partial charge in [-0.2, -0.15) is 10.4 Å². The number of nitrogen functional groups attached to an aromatic ring is 1. The largest absolute Gasteiger partial charge is 0.383 e. The quantitative estimate of drug-likeness (QED) is 0.772. The lowest BCUT2D eigenvalue weighted by Crippen LogP contribution is -2.00. The molecule has 3 N–H and O–H groups in total. The lowest BCUT2D eigenvalue weighted by Gasteiger charge is -2.09. The van der Waals surface area contributed by atoms with Crippen LogP contribution in [0.15, 0.2) is 24.5 Å². The Bertz CT molecular complexity index is 902. The minimum absolute atomic E-state index is 0.183. The van der Waals surface area contributed by atoms with E-state index in [1.54, 1.807) is 17.9 Å². The molecule has 3 rings (SSSR count). The van der Waals surface area contributed by atoms with Gasteiger partial charge in [0.1, 0.15) is 22.6 Å². The number of nitrogens with zero attached hydrogens (tertiary/aromatic N) is 4. The molecule has 3 heterocycles. The van der Waals surface area contributed by atoms with Crippen molar-refractivity contribution in [3.05, 3.63) is 40.9 Å². The number of hydrogen-bond donors (Lipinski definition) is 2. The molecule has 6 nitrogen and oxygen atoms in total. The van der Waals surface area contributed by atoms with Gasteiger partial charge in [0, 0.05) is 36.1 Å². The van der Waals surface area contributed by atoms with Gasteiger partial charge in [-0.15, -0.1) is 0 Å². The smallest absolute Gasteiger partial charge is 0.142 e. The summed E-state index contributed by atoms with van der Waals surface area (Å²) in [6, 6.07) is 5.86. The zero-order valence-electron chi connectivity index (χ0n) is 12.8. The van der Waals surface area contributed by atoms with Crippen molar-refractivity contribution in [2.45, 2.75) is 13.3 Å². The number of aryl methyl sites for hydroxylation is 2. The molecule has 7 heteroatoms. The van der Waals surface area contributed by atoms with Crippen molar-refractivity contribution in [2.75, 3.05) is 5.73 Å². The molecule has 0 bridgehead atoms. The minimum Gasteiger partial charge on any atom is -0.383 e. The van der Waals surface area contributed by atoms with E-state index in [-0.39, 0.29) is 5.82 Å². The molecule has 0 spiro atoms. The summed E-state index contributed by atoms with van der Waals surface area (Å²) >= 11 is 6.41. The maximum Gasteiger partial charge on any atom is 0.142 e. The molecule has 0 saturated carbocycles. The van der Waals surface area contributed by atoms with Gasteiger partial charge in [0.05, 0.1) is 11.4 Å². The Labute approximate surface area is 138 Å². The van der Waals surface area contributed by atoms with E-state index in [1.807, 2.05) is 25.3 Å². The van der Waals surface area contributed by atoms with Gasteiger partial charge in [0.15, 0.2) is 0 Å². The second-order valence-electron chi connectivity index (χ2n) is 5.12. The lowest BCUT2D eigenvalue weighted by molar-refractivity contribution is 0.747. The number of aromatic nitrogens is 4. The fraction of sp³-hybridized carbons (Fsp3) is 0.188. The number of anilines is 1. The molecule has 0 aliphatic heterocycles. The van der Waals surface area contributed by atoms with Crippen LogP contribution in [-0.2, 0) is 13.5 Å². The molecule has 0 saturated heterocycles. The molecule has 116 valence electrons. The molecule has 0 aliphatic carbocycles. The van der Waals surface area contributed by atoms with Gasteiger partial charge in [-0.25, -0.2) is 4.98 Å². The molecular weight excluding hydrogens is 312 g/mol. The minimum atomic E-state index is 0.183. The summed E-state index contributed by atoms with van der Waals surface area (Å²) < 4.78 is 1.60. The van der Waals surface area contributed by atoms with Gasteiger partial charge in [0.25, 0.3) is 0 Å². The number of halogens is 1. The van der Waals surface area contributed by atoms with E-state index in [0.29, 0.717) is 28.4 Å². The van der Waals surface area contributed by atoms with E-state index >= 15 is 0 Å². The number of aromatic amines is 1. The Morgan fingerprint density at radius 3 is 2.87 bits per heavy atom. The summed E-state index contributed by atoms with van der Waals surface area (Å²) in [5, 5.41) is 14.4. The van der Waals surface area contributed by atoms with Crippen LogP contribution in [0.1, 0.15) is 18.2 Å².